The molecule has 2 unspecified atom stereocenters. The van der Waals surface area contributed by atoms with E-state index in [9.17, 15) is 18.0 Å². The standard InChI is InChI=1S/C10H14N2O6S2/c1-20(16,17)8-5-19-3-2-12(8)9(13)7-4-6(10(14)15)11-18-7/h7-8H,2-5H2,1H3,(H,14,15). The van der Waals surface area contributed by atoms with Crippen LogP contribution in [0.15, 0.2) is 5.16 Å². The number of amides is 1. The van der Waals surface area contributed by atoms with E-state index < -0.39 is 33.2 Å². The zero-order valence-corrected chi connectivity index (χ0v) is 12.3. The first-order valence-electron chi connectivity index (χ1n) is 5.84. The molecule has 0 aromatic rings. The monoisotopic (exact) mass is 322 g/mol. The highest BCUT2D eigenvalue weighted by molar-refractivity contribution is 8.00. The molecule has 1 fully saturated rings. The van der Waals surface area contributed by atoms with Crippen molar-refractivity contribution in [2.24, 2.45) is 5.16 Å². The van der Waals surface area contributed by atoms with E-state index in [1.54, 1.807) is 0 Å². The summed E-state index contributed by atoms with van der Waals surface area (Å²) in [6.07, 6.45) is -0.110. The van der Waals surface area contributed by atoms with Crippen LogP contribution in [0.4, 0.5) is 0 Å². The van der Waals surface area contributed by atoms with Gasteiger partial charge in [-0.25, -0.2) is 13.2 Å². The van der Waals surface area contributed by atoms with Gasteiger partial charge in [0.15, 0.2) is 15.5 Å². The Labute approximate surface area is 120 Å². The van der Waals surface area contributed by atoms with Gasteiger partial charge < -0.3 is 14.8 Å². The van der Waals surface area contributed by atoms with E-state index in [0.717, 1.165) is 6.26 Å². The first kappa shape index (κ1) is 15.1. The molecule has 112 valence electrons. The predicted octanol–water partition coefficient (Wildman–Crippen LogP) is -0.838. The normalized spacial score (nSPS) is 26.9. The van der Waals surface area contributed by atoms with E-state index in [-0.39, 0.29) is 12.1 Å². The Morgan fingerprint density at radius 1 is 1.50 bits per heavy atom. The fourth-order valence-electron chi connectivity index (χ4n) is 2.01. The number of hydrogen-bond acceptors (Lipinski definition) is 7. The van der Waals surface area contributed by atoms with E-state index in [1.165, 1.54) is 16.7 Å². The molecule has 10 heteroatoms. The van der Waals surface area contributed by atoms with Crippen LogP contribution in [0.2, 0.25) is 0 Å². The molecule has 0 saturated carbocycles. The second kappa shape index (κ2) is 5.60. The van der Waals surface area contributed by atoms with Crippen molar-refractivity contribution < 1.29 is 28.0 Å². The minimum Gasteiger partial charge on any atom is -0.477 e. The zero-order valence-electron chi connectivity index (χ0n) is 10.7. The third-order valence-electron chi connectivity index (χ3n) is 3.05. The van der Waals surface area contributed by atoms with Crippen molar-refractivity contribution in [3.05, 3.63) is 0 Å². The number of hydrogen-bond donors (Lipinski definition) is 1. The number of carbonyl (C=O) groups is 2. The van der Waals surface area contributed by atoms with Gasteiger partial charge in [-0.2, -0.15) is 11.8 Å². The molecule has 2 atom stereocenters. The summed E-state index contributed by atoms with van der Waals surface area (Å²) in [4.78, 5) is 29.1. The first-order valence-corrected chi connectivity index (χ1v) is 8.94. The van der Waals surface area contributed by atoms with Crippen LogP contribution in [0.25, 0.3) is 0 Å². The van der Waals surface area contributed by atoms with Crippen LogP contribution >= 0.6 is 11.8 Å². The van der Waals surface area contributed by atoms with Crippen LogP contribution in [0.5, 0.6) is 0 Å². The molecule has 2 heterocycles. The van der Waals surface area contributed by atoms with Crippen molar-refractivity contribution in [3.63, 3.8) is 0 Å². The minimum absolute atomic E-state index is 0.145. The van der Waals surface area contributed by atoms with Gasteiger partial charge in [-0.05, 0) is 0 Å². The van der Waals surface area contributed by atoms with Gasteiger partial charge in [0.25, 0.3) is 5.91 Å². The molecule has 2 rings (SSSR count). The first-order chi connectivity index (χ1) is 9.30. The summed E-state index contributed by atoms with van der Waals surface area (Å²) in [5.41, 5.74) is -0.231. The largest absolute Gasteiger partial charge is 0.477 e. The van der Waals surface area contributed by atoms with Crippen LogP contribution in [0, 0.1) is 0 Å². The molecule has 0 aromatic carbocycles. The van der Waals surface area contributed by atoms with Crippen molar-refractivity contribution >= 4 is 39.2 Å². The molecule has 0 aromatic heterocycles. The van der Waals surface area contributed by atoms with E-state index >= 15 is 0 Å². The van der Waals surface area contributed by atoms with E-state index in [2.05, 4.69) is 5.16 Å². The van der Waals surface area contributed by atoms with E-state index in [0.29, 0.717) is 18.1 Å². The maximum absolute atomic E-state index is 12.3. The van der Waals surface area contributed by atoms with Crippen LogP contribution in [0.3, 0.4) is 0 Å². The number of carboxylic acid groups (broad SMARTS) is 1. The molecular formula is C10H14N2O6S2. The smallest absolute Gasteiger partial charge is 0.353 e. The van der Waals surface area contributed by atoms with Gasteiger partial charge in [0, 0.05) is 30.7 Å². The van der Waals surface area contributed by atoms with Gasteiger partial charge in [0.2, 0.25) is 6.10 Å². The Morgan fingerprint density at radius 2 is 2.20 bits per heavy atom. The highest BCUT2D eigenvalue weighted by Crippen LogP contribution is 2.23. The molecule has 2 aliphatic heterocycles. The van der Waals surface area contributed by atoms with Crippen molar-refractivity contribution in [1.29, 1.82) is 0 Å². The molecule has 8 nitrogen and oxygen atoms in total. The second-order valence-electron chi connectivity index (χ2n) is 4.53. The average Bonchev–Trinajstić information content (AvgIpc) is 2.86. The number of thioether (sulfide) groups is 1. The average molecular weight is 322 g/mol. The SMILES string of the molecule is CS(=O)(=O)C1CSCCN1C(=O)C1CC(C(=O)O)=NO1. The lowest BCUT2D eigenvalue weighted by molar-refractivity contribution is -0.142. The molecule has 1 saturated heterocycles. The molecule has 0 bridgehead atoms. The lowest BCUT2D eigenvalue weighted by Crippen LogP contribution is -2.53. The van der Waals surface area contributed by atoms with Gasteiger partial charge in [-0.15, -0.1) is 0 Å². The summed E-state index contributed by atoms with van der Waals surface area (Å²) >= 11 is 1.46. The van der Waals surface area contributed by atoms with Gasteiger partial charge in [0.05, 0.1) is 0 Å². The number of rotatable bonds is 3. The molecule has 2 aliphatic rings. The molecular weight excluding hydrogens is 308 g/mol. The number of oxime groups is 1. The number of carbonyl (C=O) groups excluding carboxylic acids is 1. The summed E-state index contributed by atoms with van der Waals surface area (Å²) < 4.78 is 23.4. The Kier molecular flexibility index (Phi) is 4.23. The number of sulfone groups is 1. The van der Waals surface area contributed by atoms with Gasteiger partial charge in [-0.3, -0.25) is 4.79 Å². The fraction of sp³-hybridized carbons (Fsp3) is 0.700. The van der Waals surface area contributed by atoms with Gasteiger partial charge in [-0.1, -0.05) is 5.16 Å². The van der Waals surface area contributed by atoms with Crippen LogP contribution in [-0.4, -0.2) is 71.8 Å². The van der Waals surface area contributed by atoms with E-state index in [4.69, 9.17) is 9.94 Å². The minimum atomic E-state index is -3.40. The zero-order chi connectivity index (χ0) is 14.9. The third-order valence-corrected chi connectivity index (χ3v) is 5.70. The Hall–Kier alpha value is -1.29. The maximum atomic E-state index is 12.3. The predicted molar refractivity (Wildman–Crippen MR) is 72.2 cm³/mol. The van der Waals surface area contributed by atoms with Crippen molar-refractivity contribution in [3.8, 4) is 0 Å². The number of aliphatic carboxylic acids is 1. The summed E-state index contributed by atoms with van der Waals surface area (Å²) in [6.45, 7) is 0.295. The lowest BCUT2D eigenvalue weighted by Gasteiger charge is -2.34. The summed E-state index contributed by atoms with van der Waals surface area (Å²) in [7, 11) is -3.40. The molecule has 1 amide bonds. The third kappa shape index (κ3) is 3.06. The topological polar surface area (TPSA) is 113 Å². The van der Waals surface area contributed by atoms with Crippen LogP contribution in [0.1, 0.15) is 6.42 Å². The summed E-state index contributed by atoms with van der Waals surface area (Å²) in [5, 5.41) is 11.2. The molecule has 20 heavy (non-hydrogen) atoms. The highest BCUT2D eigenvalue weighted by Gasteiger charge is 2.41. The highest BCUT2D eigenvalue weighted by atomic mass is 32.2. The van der Waals surface area contributed by atoms with Crippen molar-refractivity contribution in [1.82, 2.24) is 4.90 Å². The lowest BCUT2D eigenvalue weighted by atomic mass is 10.1. The van der Waals surface area contributed by atoms with Crippen LogP contribution in [-0.2, 0) is 24.3 Å². The Bertz CT molecular complexity index is 558. The molecule has 0 radical (unpaired) electrons. The summed E-state index contributed by atoms with van der Waals surface area (Å²) in [6, 6.07) is 0. The number of nitrogens with zero attached hydrogens (tertiary/aromatic N) is 2. The Balaban J connectivity index is 2.10. The van der Waals surface area contributed by atoms with Gasteiger partial charge in [0.1, 0.15) is 5.37 Å². The fourth-order valence-corrected chi connectivity index (χ4v) is 4.83. The van der Waals surface area contributed by atoms with E-state index in [1.807, 2.05) is 0 Å². The molecule has 0 spiro atoms. The summed E-state index contributed by atoms with van der Waals surface area (Å²) in [5.74, 6) is -0.823. The molecule has 1 N–H and O–H groups in total. The van der Waals surface area contributed by atoms with Crippen molar-refractivity contribution in [2.45, 2.75) is 17.9 Å². The van der Waals surface area contributed by atoms with Crippen LogP contribution < -0.4 is 0 Å². The number of carboxylic acids is 1. The Morgan fingerprint density at radius 3 is 2.75 bits per heavy atom. The molecule has 0 aliphatic carbocycles. The maximum Gasteiger partial charge on any atom is 0.353 e. The van der Waals surface area contributed by atoms with Gasteiger partial charge >= 0.3 is 5.97 Å². The van der Waals surface area contributed by atoms with Crippen molar-refractivity contribution in [2.75, 3.05) is 24.3 Å². The second-order valence-corrected chi connectivity index (χ2v) is 7.89. The quantitative estimate of drug-likeness (QED) is 0.721.